The van der Waals surface area contributed by atoms with Gasteiger partial charge in [0.05, 0.1) is 13.7 Å². The Morgan fingerprint density at radius 2 is 1.81 bits per heavy atom. The largest absolute Gasteiger partial charge is 0.497 e. The fourth-order valence-electron chi connectivity index (χ4n) is 3.53. The third kappa shape index (κ3) is 7.00. The number of aryl methyl sites for hydroxylation is 1. The van der Waals surface area contributed by atoms with E-state index in [1.54, 1.807) is 43.5 Å². The molecule has 3 aromatic rings. The van der Waals surface area contributed by atoms with Crippen LogP contribution in [-0.4, -0.2) is 19.6 Å². The standard InChI is InChI=1S/C30H30N2O4/c1-5-7-24-16-23(17-25(19-31)30(33)32-26-12-14-27(34-4)15-13-26)18-28(35-6-2)29(24)36-20-22-10-8-21(3)9-11-22/h5,8-18H,1,6-7,20H2,2-4H3,(H,32,33)/b25-17+. The first-order valence-corrected chi connectivity index (χ1v) is 11.6. The average molecular weight is 483 g/mol. The zero-order chi connectivity index (χ0) is 25.9. The summed E-state index contributed by atoms with van der Waals surface area (Å²) in [6, 6.07) is 20.7. The third-order valence-corrected chi connectivity index (χ3v) is 5.35. The van der Waals surface area contributed by atoms with Crippen LogP contribution < -0.4 is 19.5 Å². The second-order valence-electron chi connectivity index (χ2n) is 8.06. The predicted molar refractivity (Wildman–Crippen MR) is 142 cm³/mol. The van der Waals surface area contributed by atoms with Crippen molar-refractivity contribution in [3.05, 3.63) is 101 Å². The van der Waals surface area contributed by atoms with Gasteiger partial charge in [0.15, 0.2) is 11.5 Å². The number of hydrogen-bond donors (Lipinski definition) is 1. The summed E-state index contributed by atoms with van der Waals surface area (Å²) in [6.07, 6.45) is 3.85. The van der Waals surface area contributed by atoms with Crippen molar-refractivity contribution in [2.24, 2.45) is 0 Å². The van der Waals surface area contributed by atoms with Crippen LogP contribution in [-0.2, 0) is 17.8 Å². The number of benzene rings is 3. The molecule has 0 radical (unpaired) electrons. The summed E-state index contributed by atoms with van der Waals surface area (Å²) in [4.78, 5) is 12.8. The van der Waals surface area contributed by atoms with Crippen molar-refractivity contribution in [2.45, 2.75) is 26.9 Å². The number of nitrogens with zero attached hydrogens (tertiary/aromatic N) is 1. The van der Waals surface area contributed by atoms with Crippen molar-refractivity contribution in [1.82, 2.24) is 0 Å². The number of rotatable bonds is 11. The summed E-state index contributed by atoms with van der Waals surface area (Å²) in [7, 11) is 1.57. The van der Waals surface area contributed by atoms with Gasteiger partial charge < -0.3 is 19.5 Å². The van der Waals surface area contributed by atoms with Gasteiger partial charge in [0, 0.05) is 11.3 Å². The van der Waals surface area contributed by atoms with E-state index in [1.807, 2.05) is 50.2 Å². The summed E-state index contributed by atoms with van der Waals surface area (Å²) >= 11 is 0. The molecule has 0 fully saturated rings. The maximum absolute atomic E-state index is 12.8. The van der Waals surface area contributed by atoms with E-state index in [0.717, 1.165) is 11.1 Å². The van der Waals surface area contributed by atoms with E-state index in [2.05, 4.69) is 11.9 Å². The maximum atomic E-state index is 12.8. The van der Waals surface area contributed by atoms with E-state index < -0.39 is 5.91 Å². The molecule has 0 bridgehead atoms. The Morgan fingerprint density at radius 3 is 2.42 bits per heavy atom. The van der Waals surface area contributed by atoms with Crippen LogP contribution in [0.5, 0.6) is 17.2 Å². The topological polar surface area (TPSA) is 80.6 Å². The van der Waals surface area contributed by atoms with Gasteiger partial charge in [0.25, 0.3) is 5.91 Å². The summed E-state index contributed by atoms with van der Waals surface area (Å²) in [5, 5.41) is 12.4. The first kappa shape index (κ1) is 26.1. The monoisotopic (exact) mass is 482 g/mol. The molecule has 1 amide bonds. The highest BCUT2D eigenvalue weighted by atomic mass is 16.5. The molecule has 0 spiro atoms. The molecule has 36 heavy (non-hydrogen) atoms. The van der Waals surface area contributed by atoms with Gasteiger partial charge in [-0.25, -0.2) is 0 Å². The SMILES string of the molecule is C=CCc1cc(/C=C(\C#N)C(=O)Nc2ccc(OC)cc2)cc(OCC)c1OCc1ccc(C)cc1. The smallest absolute Gasteiger partial charge is 0.266 e. The van der Waals surface area contributed by atoms with Gasteiger partial charge in [0.2, 0.25) is 0 Å². The van der Waals surface area contributed by atoms with Crippen LogP contribution in [0.1, 0.15) is 29.2 Å². The number of carbonyl (C=O) groups excluding carboxylic acids is 1. The number of methoxy groups -OCH3 is 1. The lowest BCUT2D eigenvalue weighted by atomic mass is 10.0. The molecular formula is C30H30N2O4. The van der Waals surface area contributed by atoms with E-state index in [0.29, 0.717) is 48.1 Å². The lowest BCUT2D eigenvalue weighted by Gasteiger charge is -2.17. The molecule has 1 N–H and O–H groups in total. The van der Waals surface area contributed by atoms with Crippen molar-refractivity contribution < 1.29 is 19.0 Å². The van der Waals surface area contributed by atoms with Crippen LogP contribution in [0.2, 0.25) is 0 Å². The Hall–Kier alpha value is -4.50. The van der Waals surface area contributed by atoms with Crippen LogP contribution >= 0.6 is 0 Å². The molecule has 184 valence electrons. The van der Waals surface area contributed by atoms with Crippen LogP contribution in [0.4, 0.5) is 5.69 Å². The van der Waals surface area contributed by atoms with Crippen LogP contribution in [0.3, 0.4) is 0 Å². The molecule has 0 aliphatic carbocycles. The molecule has 0 saturated carbocycles. The van der Waals surface area contributed by atoms with E-state index in [1.165, 1.54) is 11.6 Å². The number of hydrogen-bond acceptors (Lipinski definition) is 5. The highest BCUT2D eigenvalue weighted by Gasteiger charge is 2.15. The van der Waals surface area contributed by atoms with Gasteiger partial charge in [-0.2, -0.15) is 5.26 Å². The molecule has 0 aliphatic rings. The van der Waals surface area contributed by atoms with Crippen LogP contribution in [0.15, 0.2) is 78.9 Å². The molecule has 0 aliphatic heterocycles. The fourth-order valence-corrected chi connectivity index (χ4v) is 3.53. The number of anilines is 1. The average Bonchev–Trinajstić information content (AvgIpc) is 2.88. The minimum absolute atomic E-state index is 0.0360. The van der Waals surface area contributed by atoms with Gasteiger partial charge in [-0.05, 0) is 73.9 Å². The van der Waals surface area contributed by atoms with Crippen LogP contribution in [0.25, 0.3) is 6.08 Å². The first-order valence-electron chi connectivity index (χ1n) is 11.6. The first-order chi connectivity index (χ1) is 17.5. The highest BCUT2D eigenvalue weighted by molar-refractivity contribution is 6.09. The van der Waals surface area contributed by atoms with Crippen molar-refractivity contribution in [1.29, 1.82) is 5.26 Å². The number of nitrogens with one attached hydrogen (secondary N) is 1. The lowest BCUT2D eigenvalue weighted by Crippen LogP contribution is -2.13. The van der Waals surface area contributed by atoms with Crippen molar-refractivity contribution in [3.8, 4) is 23.3 Å². The number of allylic oxidation sites excluding steroid dienone is 1. The summed E-state index contributed by atoms with van der Waals surface area (Å²) in [5.41, 5.74) is 4.25. The number of ether oxygens (including phenoxy) is 3. The molecule has 3 rings (SSSR count). The molecule has 0 heterocycles. The fraction of sp³-hybridized carbons (Fsp3) is 0.200. The Balaban J connectivity index is 1.90. The molecule has 0 atom stereocenters. The molecule has 6 nitrogen and oxygen atoms in total. The predicted octanol–water partition coefficient (Wildman–Crippen LogP) is 6.26. The lowest BCUT2D eigenvalue weighted by molar-refractivity contribution is -0.112. The van der Waals surface area contributed by atoms with Gasteiger partial charge in [0.1, 0.15) is 24.0 Å². The van der Waals surface area contributed by atoms with Gasteiger partial charge in [-0.1, -0.05) is 35.9 Å². The second kappa shape index (κ2) is 12.8. The van der Waals surface area contributed by atoms with E-state index in [9.17, 15) is 10.1 Å². The molecule has 6 heteroatoms. The Bertz CT molecular complexity index is 1270. The van der Waals surface area contributed by atoms with E-state index in [4.69, 9.17) is 14.2 Å². The van der Waals surface area contributed by atoms with E-state index >= 15 is 0 Å². The van der Waals surface area contributed by atoms with Crippen molar-refractivity contribution in [2.75, 3.05) is 19.0 Å². The van der Waals surface area contributed by atoms with Crippen molar-refractivity contribution in [3.63, 3.8) is 0 Å². The number of amides is 1. The zero-order valence-corrected chi connectivity index (χ0v) is 20.8. The molecule has 3 aromatic carbocycles. The normalized spacial score (nSPS) is 10.8. The van der Waals surface area contributed by atoms with Gasteiger partial charge in [-0.3, -0.25) is 4.79 Å². The summed E-state index contributed by atoms with van der Waals surface area (Å²) in [5.74, 6) is 1.33. The highest BCUT2D eigenvalue weighted by Crippen LogP contribution is 2.35. The molecule has 0 unspecified atom stereocenters. The Kier molecular flexibility index (Phi) is 9.30. The summed E-state index contributed by atoms with van der Waals surface area (Å²) in [6.45, 7) is 8.61. The second-order valence-corrected chi connectivity index (χ2v) is 8.06. The zero-order valence-electron chi connectivity index (χ0n) is 20.8. The van der Waals surface area contributed by atoms with Gasteiger partial charge in [-0.15, -0.1) is 6.58 Å². The molecule has 0 saturated heterocycles. The number of nitriles is 1. The third-order valence-electron chi connectivity index (χ3n) is 5.35. The molecule has 0 aromatic heterocycles. The minimum atomic E-state index is -0.509. The minimum Gasteiger partial charge on any atom is -0.497 e. The number of carbonyl (C=O) groups is 1. The van der Waals surface area contributed by atoms with E-state index in [-0.39, 0.29) is 5.57 Å². The Morgan fingerprint density at radius 1 is 1.08 bits per heavy atom. The Labute approximate surface area is 212 Å². The van der Waals surface area contributed by atoms with Crippen molar-refractivity contribution >= 4 is 17.7 Å². The molecular weight excluding hydrogens is 452 g/mol. The van der Waals surface area contributed by atoms with Crippen LogP contribution in [0, 0.1) is 18.3 Å². The van der Waals surface area contributed by atoms with Gasteiger partial charge >= 0.3 is 0 Å². The quantitative estimate of drug-likeness (QED) is 0.198. The summed E-state index contributed by atoms with van der Waals surface area (Å²) < 4.78 is 17.2. The maximum Gasteiger partial charge on any atom is 0.266 e.